The number of fused-ring (bicyclic) bond motifs is 1. The lowest BCUT2D eigenvalue weighted by Crippen LogP contribution is -1.99. The molecule has 0 aliphatic rings. The fourth-order valence-corrected chi connectivity index (χ4v) is 2.61. The number of carboxylic acid groups (broad SMARTS) is 1. The van der Waals surface area contributed by atoms with Crippen molar-refractivity contribution in [3.63, 3.8) is 0 Å². The van der Waals surface area contributed by atoms with E-state index in [0.29, 0.717) is 17.5 Å². The lowest BCUT2D eigenvalue weighted by atomic mass is 9.97. The van der Waals surface area contributed by atoms with Crippen LogP contribution < -0.4 is 0 Å². The summed E-state index contributed by atoms with van der Waals surface area (Å²) < 4.78 is 27.2. The Kier molecular flexibility index (Phi) is 3.78. The molecule has 23 heavy (non-hydrogen) atoms. The first-order valence-electron chi connectivity index (χ1n) is 7.11. The zero-order valence-corrected chi connectivity index (χ0v) is 12.3. The lowest BCUT2D eigenvalue weighted by molar-refractivity contribution is 0.0697. The van der Waals surface area contributed by atoms with Crippen molar-refractivity contribution in [1.82, 2.24) is 4.98 Å². The number of benzene rings is 2. The molecule has 3 aromatic rings. The van der Waals surface area contributed by atoms with Crippen molar-refractivity contribution in [2.24, 2.45) is 0 Å². The summed E-state index contributed by atoms with van der Waals surface area (Å²) in [6.07, 6.45) is 2.35. The highest BCUT2D eigenvalue weighted by Gasteiger charge is 2.15. The minimum atomic E-state index is -1.07. The van der Waals surface area contributed by atoms with Gasteiger partial charge in [0.05, 0.1) is 11.3 Å². The van der Waals surface area contributed by atoms with Crippen LogP contribution in [0.5, 0.6) is 0 Å². The number of aromatic carboxylic acids is 1. The smallest absolute Gasteiger partial charge is 0.335 e. The van der Waals surface area contributed by atoms with E-state index in [4.69, 9.17) is 0 Å². The Labute approximate surface area is 131 Å². The van der Waals surface area contributed by atoms with Gasteiger partial charge in [0.1, 0.15) is 11.6 Å². The van der Waals surface area contributed by atoms with Crippen molar-refractivity contribution in [2.75, 3.05) is 0 Å². The van der Waals surface area contributed by atoms with E-state index in [2.05, 4.69) is 4.98 Å². The predicted octanol–water partition coefficient (Wildman–Crippen LogP) is 4.44. The van der Waals surface area contributed by atoms with Crippen molar-refractivity contribution in [3.8, 4) is 11.3 Å². The largest absolute Gasteiger partial charge is 0.478 e. The fraction of sp³-hybridized carbons (Fsp3) is 0.111. The van der Waals surface area contributed by atoms with Crippen LogP contribution in [0.4, 0.5) is 8.78 Å². The van der Waals surface area contributed by atoms with Crippen molar-refractivity contribution in [1.29, 1.82) is 0 Å². The number of pyridine rings is 1. The van der Waals surface area contributed by atoms with Gasteiger partial charge in [-0.3, -0.25) is 4.98 Å². The Morgan fingerprint density at radius 2 is 1.91 bits per heavy atom. The number of hydrogen-bond donors (Lipinski definition) is 1. The van der Waals surface area contributed by atoms with Gasteiger partial charge in [-0.15, -0.1) is 0 Å². The van der Waals surface area contributed by atoms with E-state index in [1.165, 1.54) is 18.2 Å². The van der Waals surface area contributed by atoms with Gasteiger partial charge < -0.3 is 5.11 Å². The van der Waals surface area contributed by atoms with Gasteiger partial charge in [0.25, 0.3) is 0 Å². The Morgan fingerprint density at radius 3 is 2.57 bits per heavy atom. The monoisotopic (exact) mass is 313 g/mol. The van der Waals surface area contributed by atoms with E-state index < -0.39 is 17.6 Å². The molecule has 0 aliphatic carbocycles. The first-order chi connectivity index (χ1) is 11.0. The summed E-state index contributed by atoms with van der Waals surface area (Å²) in [6.45, 7) is 1.96. The summed E-state index contributed by atoms with van der Waals surface area (Å²) in [5, 5.41) is 10.5. The quantitative estimate of drug-likeness (QED) is 0.777. The Hall–Kier alpha value is -2.82. The minimum absolute atomic E-state index is 0.0938. The van der Waals surface area contributed by atoms with E-state index in [0.717, 1.165) is 23.1 Å². The Bertz CT molecular complexity index is 922. The van der Waals surface area contributed by atoms with Crippen LogP contribution in [-0.4, -0.2) is 16.1 Å². The second-order valence-corrected chi connectivity index (χ2v) is 5.18. The molecule has 116 valence electrons. The van der Waals surface area contributed by atoms with E-state index in [9.17, 15) is 18.7 Å². The van der Waals surface area contributed by atoms with E-state index in [-0.39, 0.29) is 11.1 Å². The number of aryl methyl sites for hydroxylation is 1. The molecule has 0 saturated heterocycles. The lowest BCUT2D eigenvalue weighted by Gasteiger charge is -2.11. The van der Waals surface area contributed by atoms with Gasteiger partial charge in [0, 0.05) is 23.2 Å². The second kappa shape index (κ2) is 5.76. The molecule has 0 aliphatic heterocycles. The van der Waals surface area contributed by atoms with Crippen molar-refractivity contribution in [2.45, 2.75) is 13.3 Å². The molecular formula is C18H13F2NO2. The van der Waals surface area contributed by atoms with Gasteiger partial charge in [-0.1, -0.05) is 13.0 Å². The summed E-state index contributed by atoms with van der Waals surface area (Å²) >= 11 is 0. The third-order valence-corrected chi connectivity index (χ3v) is 3.78. The molecule has 1 heterocycles. The highest BCUT2D eigenvalue weighted by molar-refractivity contribution is 6.01. The molecule has 0 saturated carbocycles. The molecule has 2 aromatic carbocycles. The molecule has 0 fully saturated rings. The summed E-state index contributed by atoms with van der Waals surface area (Å²) in [4.78, 5) is 15.5. The standard InChI is InChI=1S/C18H13F2NO2/c1-2-10-9-21-17(14-6-4-12(19)8-16(14)20)15-7-11(18(22)23)3-5-13(10)15/h3-9H,2H2,1H3,(H,22,23). The van der Waals surface area contributed by atoms with Crippen molar-refractivity contribution in [3.05, 3.63) is 65.4 Å². The zero-order valence-electron chi connectivity index (χ0n) is 12.3. The molecule has 0 bridgehead atoms. The van der Waals surface area contributed by atoms with E-state index >= 15 is 0 Å². The molecule has 5 heteroatoms. The molecule has 0 spiro atoms. The predicted molar refractivity (Wildman–Crippen MR) is 83.4 cm³/mol. The second-order valence-electron chi connectivity index (χ2n) is 5.18. The highest BCUT2D eigenvalue weighted by Crippen LogP contribution is 2.31. The van der Waals surface area contributed by atoms with Crippen LogP contribution in [0.1, 0.15) is 22.8 Å². The Balaban J connectivity index is 2.35. The number of aromatic nitrogens is 1. The molecule has 0 unspecified atom stereocenters. The van der Waals surface area contributed by atoms with Crippen molar-refractivity contribution < 1.29 is 18.7 Å². The van der Waals surface area contributed by atoms with Crippen molar-refractivity contribution >= 4 is 16.7 Å². The first kappa shape index (κ1) is 15.1. The van der Waals surface area contributed by atoms with Crippen LogP contribution in [0.15, 0.2) is 42.6 Å². The van der Waals surface area contributed by atoms with E-state index in [1.807, 2.05) is 6.92 Å². The maximum atomic E-state index is 14.1. The average molecular weight is 313 g/mol. The number of hydrogen-bond acceptors (Lipinski definition) is 2. The average Bonchev–Trinajstić information content (AvgIpc) is 2.53. The number of carboxylic acids is 1. The van der Waals surface area contributed by atoms with Crippen LogP contribution in [0, 0.1) is 11.6 Å². The third kappa shape index (κ3) is 2.65. The molecule has 0 atom stereocenters. The van der Waals surface area contributed by atoms with Gasteiger partial charge in [-0.05, 0) is 41.6 Å². The molecular weight excluding hydrogens is 300 g/mol. The fourth-order valence-electron chi connectivity index (χ4n) is 2.61. The van der Waals surface area contributed by atoms with Crippen LogP contribution in [0.2, 0.25) is 0 Å². The van der Waals surface area contributed by atoms with Gasteiger partial charge in [-0.25, -0.2) is 13.6 Å². The molecule has 3 rings (SSSR count). The minimum Gasteiger partial charge on any atom is -0.478 e. The maximum Gasteiger partial charge on any atom is 0.335 e. The summed E-state index contributed by atoms with van der Waals surface area (Å²) in [7, 11) is 0. The number of rotatable bonds is 3. The van der Waals surface area contributed by atoms with Gasteiger partial charge in [0.15, 0.2) is 0 Å². The zero-order chi connectivity index (χ0) is 16.6. The summed E-state index contributed by atoms with van der Waals surface area (Å²) in [5.74, 6) is -2.48. The SMILES string of the molecule is CCc1cnc(-c2ccc(F)cc2F)c2cc(C(=O)O)ccc12. The van der Waals surface area contributed by atoms with Crippen LogP contribution in [0.3, 0.4) is 0 Å². The molecule has 0 radical (unpaired) electrons. The molecule has 1 aromatic heterocycles. The summed E-state index contributed by atoms with van der Waals surface area (Å²) in [5.41, 5.74) is 1.47. The topological polar surface area (TPSA) is 50.2 Å². The van der Waals surface area contributed by atoms with Crippen LogP contribution in [0.25, 0.3) is 22.0 Å². The number of nitrogens with zero attached hydrogens (tertiary/aromatic N) is 1. The van der Waals surface area contributed by atoms with Crippen LogP contribution >= 0.6 is 0 Å². The molecule has 1 N–H and O–H groups in total. The van der Waals surface area contributed by atoms with Crippen LogP contribution in [-0.2, 0) is 6.42 Å². The van der Waals surface area contributed by atoms with Gasteiger partial charge >= 0.3 is 5.97 Å². The first-order valence-corrected chi connectivity index (χ1v) is 7.11. The molecule has 3 nitrogen and oxygen atoms in total. The number of carbonyl (C=O) groups is 1. The number of halogens is 2. The highest BCUT2D eigenvalue weighted by atomic mass is 19.1. The normalized spacial score (nSPS) is 10.9. The van der Waals surface area contributed by atoms with Gasteiger partial charge in [0.2, 0.25) is 0 Å². The van der Waals surface area contributed by atoms with E-state index in [1.54, 1.807) is 12.3 Å². The maximum absolute atomic E-state index is 14.1. The molecule has 0 amide bonds. The third-order valence-electron chi connectivity index (χ3n) is 3.78. The van der Waals surface area contributed by atoms with Gasteiger partial charge in [-0.2, -0.15) is 0 Å². The Morgan fingerprint density at radius 1 is 1.13 bits per heavy atom. The summed E-state index contributed by atoms with van der Waals surface area (Å²) in [6, 6.07) is 7.94.